The minimum atomic E-state index is -0.175. The molecule has 1 aromatic carbocycles. The number of aryl methyl sites for hydroxylation is 1. The number of ether oxygens (including phenoxy) is 1. The van der Waals surface area contributed by atoms with Crippen LogP contribution in [-0.4, -0.2) is 22.7 Å². The van der Waals surface area contributed by atoms with Gasteiger partial charge in [-0.25, -0.2) is 4.98 Å². The first-order valence-electron chi connectivity index (χ1n) is 9.16. The van der Waals surface area contributed by atoms with Crippen LogP contribution in [0, 0.1) is 16.7 Å². The molecule has 0 fully saturated rings. The van der Waals surface area contributed by atoms with E-state index in [0.29, 0.717) is 30.3 Å². The van der Waals surface area contributed by atoms with Crippen LogP contribution in [0.2, 0.25) is 5.15 Å². The molecular weight excluding hydrogens is 390 g/mol. The summed E-state index contributed by atoms with van der Waals surface area (Å²) >= 11 is 6.03. The second-order valence-corrected chi connectivity index (χ2v) is 8.23. The van der Waals surface area contributed by atoms with Crippen LogP contribution in [0.5, 0.6) is 5.75 Å². The molecule has 29 heavy (non-hydrogen) atoms. The van der Waals surface area contributed by atoms with Crippen LogP contribution in [0.25, 0.3) is 10.9 Å². The third-order valence-corrected chi connectivity index (χ3v) is 5.29. The third kappa shape index (κ3) is 3.36. The number of fused-ring (bicyclic) bond motifs is 3. The Bertz CT molecular complexity index is 1230. The zero-order valence-corrected chi connectivity index (χ0v) is 17.1. The SMILES string of the molecule is Cn1c(=O)c2c(c3cc(Nc4ccnc(Cl)c4C#N)ccc31)NCC(C)(C)CO2. The molecule has 0 amide bonds. The summed E-state index contributed by atoms with van der Waals surface area (Å²) in [5.74, 6) is 0.326. The Hall–Kier alpha value is -3.24. The maximum absolute atomic E-state index is 12.8. The van der Waals surface area contributed by atoms with E-state index in [9.17, 15) is 10.1 Å². The van der Waals surface area contributed by atoms with E-state index >= 15 is 0 Å². The monoisotopic (exact) mass is 409 g/mol. The average Bonchev–Trinajstić information content (AvgIpc) is 2.85. The number of rotatable bonds is 2. The molecule has 0 atom stereocenters. The Balaban J connectivity index is 1.86. The van der Waals surface area contributed by atoms with Crippen molar-refractivity contribution in [1.82, 2.24) is 9.55 Å². The van der Waals surface area contributed by atoms with Crippen molar-refractivity contribution < 1.29 is 4.74 Å². The summed E-state index contributed by atoms with van der Waals surface area (Å²) in [4.78, 5) is 16.8. The van der Waals surface area contributed by atoms with E-state index in [-0.39, 0.29) is 21.7 Å². The molecule has 1 aliphatic rings. The van der Waals surface area contributed by atoms with Crippen molar-refractivity contribution in [3.63, 3.8) is 0 Å². The van der Waals surface area contributed by atoms with Gasteiger partial charge in [0.25, 0.3) is 5.56 Å². The zero-order valence-electron chi connectivity index (χ0n) is 16.3. The number of nitrogens with zero attached hydrogens (tertiary/aromatic N) is 3. The molecule has 4 rings (SSSR count). The first-order valence-corrected chi connectivity index (χ1v) is 9.53. The van der Waals surface area contributed by atoms with Crippen molar-refractivity contribution in [1.29, 1.82) is 5.26 Å². The maximum Gasteiger partial charge on any atom is 0.295 e. The maximum atomic E-state index is 12.8. The van der Waals surface area contributed by atoms with Crippen LogP contribution in [-0.2, 0) is 7.05 Å². The first-order chi connectivity index (χ1) is 13.8. The van der Waals surface area contributed by atoms with Crippen LogP contribution >= 0.6 is 11.6 Å². The molecular formula is C21H20ClN5O2. The Labute approximate surface area is 172 Å². The second kappa shape index (κ2) is 6.98. The fourth-order valence-corrected chi connectivity index (χ4v) is 3.56. The van der Waals surface area contributed by atoms with Gasteiger partial charge in [0.1, 0.15) is 16.8 Å². The molecule has 1 aliphatic heterocycles. The van der Waals surface area contributed by atoms with Crippen LogP contribution in [0.3, 0.4) is 0 Å². The van der Waals surface area contributed by atoms with Crippen LogP contribution in [0.15, 0.2) is 35.3 Å². The van der Waals surface area contributed by atoms with Crippen molar-refractivity contribution >= 4 is 39.6 Å². The topological polar surface area (TPSA) is 92.0 Å². The van der Waals surface area contributed by atoms with Gasteiger partial charge in [-0.05, 0) is 24.3 Å². The molecule has 0 saturated heterocycles. The lowest BCUT2D eigenvalue weighted by Gasteiger charge is -2.20. The second-order valence-electron chi connectivity index (χ2n) is 7.87. The van der Waals surface area contributed by atoms with E-state index in [4.69, 9.17) is 16.3 Å². The number of hydrogen-bond acceptors (Lipinski definition) is 6. The van der Waals surface area contributed by atoms with Gasteiger partial charge in [-0.1, -0.05) is 25.4 Å². The van der Waals surface area contributed by atoms with Crippen LogP contribution in [0.1, 0.15) is 19.4 Å². The van der Waals surface area contributed by atoms with E-state index in [2.05, 4.69) is 35.5 Å². The van der Waals surface area contributed by atoms with Crippen molar-refractivity contribution in [2.24, 2.45) is 12.5 Å². The Kier molecular flexibility index (Phi) is 4.59. The van der Waals surface area contributed by atoms with Gasteiger partial charge in [0.15, 0.2) is 0 Å². The van der Waals surface area contributed by atoms with Crippen molar-refractivity contribution in [3.05, 3.63) is 51.5 Å². The zero-order chi connectivity index (χ0) is 20.8. The summed E-state index contributed by atoms with van der Waals surface area (Å²) in [7, 11) is 1.73. The summed E-state index contributed by atoms with van der Waals surface area (Å²) in [5, 5.41) is 17.0. The normalized spacial score (nSPS) is 14.9. The Morgan fingerprint density at radius 3 is 2.93 bits per heavy atom. The van der Waals surface area contributed by atoms with Crippen molar-refractivity contribution in [3.8, 4) is 11.8 Å². The molecule has 0 bridgehead atoms. The number of pyridine rings is 2. The Morgan fingerprint density at radius 1 is 1.38 bits per heavy atom. The van der Waals surface area contributed by atoms with Gasteiger partial charge in [0.05, 0.1) is 23.5 Å². The number of nitriles is 1. The van der Waals surface area contributed by atoms with Gasteiger partial charge in [-0.15, -0.1) is 0 Å². The fraction of sp³-hybridized carbons (Fsp3) is 0.286. The summed E-state index contributed by atoms with van der Waals surface area (Å²) in [6.07, 6.45) is 1.54. The summed E-state index contributed by atoms with van der Waals surface area (Å²) in [5.41, 5.74) is 2.77. The highest BCUT2D eigenvalue weighted by molar-refractivity contribution is 6.31. The number of aromatic nitrogens is 2. The lowest BCUT2D eigenvalue weighted by Crippen LogP contribution is -2.27. The molecule has 3 heterocycles. The highest BCUT2D eigenvalue weighted by Gasteiger charge is 2.27. The minimum Gasteiger partial charge on any atom is -0.486 e. The van der Waals surface area contributed by atoms with Gasteiger partial charge in [0, 0.05) is 36.3 Å². The highest BCUT2D eigenvalue weighted by atomic mass is 35.5. The number of hydrogen-bond donors (Lipinski definition) is 2. The quantitative estimate of drug-likeness (QED) is 0.621. The largest absolute Gasteiger partial charge is 0.486 e. The molecule has 0 spiro atoms. The number of halogens is 1. The number of nitrogens with one attached hydrogen (secondary N) is 2. The molecule has 2 N–H and O–H groups in total. The van der Waals surface area contributed by atoms with E-state index in [1.165, 1.54) is 0 Å². The van der Waals surface area contributed by atoms with E-state index in [1.807, 2.05) is 18.2 Å². The predicted octanol–water partition coefficient (Wildman–Crippen LogP) is 4.03. The lowest BCUT2D eigenvalue weighted by molar-refractivity contribution is 0.197. The van der Waals surface area contributed by atoms with Gasteiger partial charge in [-0.2, -0.15) is 5.26 Å². The average molecular weight is 410 g/mol. The molecule has 0 aliphatic carbocycles. The Morgan fingerprint density at radius 2 is 2.17 bits per heavy atom. The van der Waals surface area contributed by atoms with Gasteiger partial charge in [-0.3, -0.25) is 4.79 Å². The molecule has 3 aromatic rings. The van der Waals surface area contributed by atoms with Crippen molar-refractivity contribution in [2.45, 2.75) is 13.8 Å². The summed E-state index contributed by atoms with van der Waals surface area (Å²) < 4.78 is 7.49. The van der Waals surface area contributed by atoms with Gasteiger partial charge < -0.3 is 19.9 Å². The van der Waals surface area contributed by atoms with Crippen LogP contribution in [0.4, 0.5) is 17.1 Å². The van der Waals surface area contributed by atoms with E-state index in [1.54, 1.807) is 23.9 Å². The molecule has 0 saturated carbocycles. The molecule has 7 nitrogen and oxygen atoms in total. The number of benzene rings is 1. The van der Waals surface area contributed by atoms with E-state index < -0.39 is 0 Å². The summed E-state index contributed by atoms with van der Waals surface area (Å²) in [6, 6.07) is 9.41. The number of anilines is 3. The fourth-order valence-electron chi connectivity index (χ4n) is 3.36. The summed E-state index contributed by atoms with van der Waals surface area (Å²) in [6.45, 7) is 5.30. The molecule has 148 valence electrons. The minimum absolute atomic E-state index is 0.109. The van der Waals surface area contributed by atoms with Gasteiger partial charge in [0.2, 0.25) is 5.75 Å². The van der Waals surface area contributed by atoms with Crippen LogP contribution < -0.4 is 20.9 Å². The predicted molar refractivity (Wildman–Crippen MR) is 114 cm³/mol. The molecule has 2 aromatic heterocycles. The molecule has 0 unspecified atom stereocenters. The molecule has 8 heteroatoms. The lowest BCUT2D eigenvalue weighted by atomic mass is 9.95. The van der Waals surface area contributed by atoms with Crippen molar-refractivity contribution in [2.75, 3.05) is 23.8 Å². The molecule has 0 radical (unpaired) electrons. The highest BCUT2D eigenvalue weighted by Crippen LogP contribution is 2.36. The standard InChI is InChI=1S/C21H20ClN5O2/c1-21(2)10-25-17-13-8-12(26-15-6-7-24-19(22)14(15)9-23)4-5-16(13)27(3)20(28)18(17)29-11-21/h4-8,25H,10-11H2,1-3H3,(H,24,26). The smallest absolute Gasteiger partial charge is 0.295 e. The first kappa shape index (κ1) is 19.1. The van der Waals surface area contributed by atoms with Gasteiger partial charge >= 0.3 is 0 Å². The third-order valence-electron chi connectivity index (χ3n) is 5.00. The van der Waals surface area contributed by atoms with E-state index in [0.717, 1.165) is 16.6 Å².